The molecule has 3 nitrogen and oxygen atoms in total. The summed E-state index contributed by atoms with van der Waals surface area (Å²) < 4.78 is 5.42. The van der Waals surface area contributed by atoms with Crippen molar-refractivity contribution in [2.24, 2.45) is 0 Å². The first-order chi connectivity index (χ1) is 8.27. The maximum absolute atomic E-state index is 8.20. The van der Waals surface area contributed by atoms with Gasteiger partial charge < -0.3 is 9.32 Å². The number of rotatable bonds is 2. The first-order valence-corrected chi connectivity index (χ1v) is 5.74. The zero-order valence-electron chi connectivity index (χ0n) is 9.68. The fourth-order valence-electron chi connectivity index (χ4n) is 2.32. The number of furan rings is 1. The van der Waals surface area contributed by atoms with Gasteiger partial charge in [0.15, 0.2) is 0 Å². The Hall–Kier alpha value is -2.03. The molecule has 0 radical (unpaired) electrons. The second-order valence-corrected chi connectivity index (χ2v) is 4.33. The highest BCUT2D eigenvalue weighted by atomic mass is 16.3. The molecule has 86 valence electrons. The van der Waals surface area contributed by atoms with E-state index in [1.165, 1.54) is 5.56 Å². The second kappa shape index (κ2) is 3.77. The fraction of sp³-hybridized carbons (Fsp3) is 0.214. The van der Waals surface area contributed by atoms with Gasteiger partial charge in [0.2, 0.25) is 0 Å². The Balaban J connectivity index is 1.92. The number of hydrogen-bond acceptors (Lipinski definition) is 2. The summed E-state index contributed by atoms with van der Waals surface area (Å²) in [7, 11) is 0. The van der Waals surface area contributed by atoms with Crippen LogP contribution in [0.25, 0.3) is 0 Å². The fourth-order valence-corrected chi connectivity index (χ4v) is 2.32. The smallest absolute Gasteiger partial charge is 0.129 e. The minimum atomic E-state index is 0.102. The van der Waals surface area contributed by atoms with E-state index in [0.717, 1.165) is 17.9 Å². The molecule has 3 rings (SSSR count). The minimum absolute atomic E-state index is 0.102. The maximum atomic E-state index is 8.20. The van der Waals surface area contributed by atoms with Gasteiger partial charge in [-0.2, -0.15) is 0 Å². The van der Waals surface area contributed by atoms with Gasteiger partial charge in [0.1, 0.15) is 11.6 Å². The highest BCUT2D eigenvalue weighted by Gasteiger charge is 2.29. The van der Waals surface area contributed by atoms with Crippen molar-refractivity contribution in [3.8, 4) is 0 Å². The van der Waals surface area contributed by atoms with Crippen LogP contribution in [0.5, 0.6) is 0 Å². The van der Waals surface area contributed by atoms with Gasteiger partial charge in [-0.15, -0.1) is 0 Å². The van der Waals surface area contributed by atoms with E-state index in [0.29, 0.717) is 5.84 Å². The summed E-state index contributed by atoms with van der Waals surface area (Å²) in [5, 5.41) is 8.20. The molecule has 1 aliphatic rings. The summed E-state index contributed by atoms with van der Waals surface area (Å²) in [5.74, 6) is 1.49. The highest BCUT2D eigenvalue weighted by Crippen LogP contribution is 2.30. The average Bonchev–Trinajstić information content (AvgIpc) is 2.97. The van der Waals surface area contributed by atoms with Crippen LogP contribution in [-0.4, -0.2) is 10.7 Å². The monoisotopic (exact) mass is 226 g/mol. The van der Waals surface area contributed by atoms with Gasteiger partial charge in [-0.1, -0.05) is 24.3 Å². The summed E-state index contributed by atoms with van der Waals surface area (Å²) in [6.45, 7) is 2.86. The van der Waals surface area contributed by atoms with Gasteiger partial charge in [-0.25, -0.2) is 0 Å². The predicted octanol–water partition coefficient (Wildman–Crippen LogP) is 3.18. The van der Waals surface area contributed by atoms with Crippen LogP contribution in [0.2, 0.25) is 0 Å². The van der Waals surface area contributed by atoms with Crippen LogP contribution in [0.15, 0.2) is 47.1 Å². The molecule has 0 bridgehead atoms. The van der Waals surface area contributed by atoms with Crippen LogP contribution < -0.4 is 0 Å². The quantitative estimate of drug-likeness (QED) is 0.854. The molecular weight excluding hydrogens is 212 g/mol. The van der Waals surface area contributed by atoms with Crippen LogP contribution in [0.1, 0.15) is 29.9 Å². The van der Waals surface area contributed by atoms with E-state index in [1.54, 1.807) is 6.26 Å². The Morgan fingerprint density at radius 2 is 2.06 bits per heavy atom. The molecule has 2 aromatic rings. The molecule has 1 aliphatic heterocycles. The third-order valence-electron chi connectivity index (χ3n) is 3.32. The summed E-state index contributed by atoms with van der Waals surface area (Å²) in [4.78, 5) is 2.06. The van der Waals surface area contributed by atoms with Crippen molar-refractivity contribution >= 4 is 5.84 Å². The summed E-state index contributed by atoms with van der Waals surface area (Å²) in [6, 6.07) is 12.0. The molecule has 1 aromatic carbocycles. The minimum Gasteiger partial charge on any atom is -0.467 e. The van der Waals surface area contributed by atoms with E-state index in [1.807, 2.05) is 30.3 Å². The van der Waals surface area contributed by atoms with Crippen molar-refractivity contribution in [2.45, 2.75) is 19.5 Å². The molecule has 1 aromatic heterocycles. The zero-order valence-corrected chi connectivity index (χ0v) is 9.68. The molecule has 2 heterocycles. The lowest BCUT2D eigenvalue weighted by molar-refractivity contribution is 0.294. The zero-order chi connectivity index (χ0) is 11.8. The molecule has 1 N–H and O–H groups in total. The van der Waals surface area contributed by atoms with E-state index in [4.69, 9.17) is 9.83 Å². The van der Waals surface area contributed by atoms with E-state index in [9.17, 15) is 0 Å². The normalized spacial score (nSPS) is 16.1. The molecule has 0 amide bonds. The van der Waals surface area contributed by atoms with Crippen molar-refractivity contribution in [3.05, 3.63) is 59.5 Å². The van der Waals surface area contributed by atoms with E-state index in [2.05, 4.69) is 17.9 Å². The topological polar surface area (TPSA) is 40.2 Å². The predicted molar refractivity (Wildman–Crippen MR) is 65.9 cm³/mol. The van der Waals surface area contributed by atoms with Crippen LogP contribution in [-0.2, 0) is 6.54 Å². The molecule has 0 aliphatic carbocycles. The Morgan fingerprint density at radius 3 is 2.76 bits per heavy atom. The molecule has 0 spiro atoms. The lowest BCUT2D eigenvalue weighted by Gasteiger charge is -2.24. The molecule has 0 fully saturated rings. The van der Waals surface area contributed by atoms with Crippen LogP contribution >= 0.6 is 0 Å². The molecule has 17 heavy (non-hydrogen) atoms. The van der Waals surface area contributed by atoms with Gasteiger partial charge in [0, 0.05) is 12.1 Å². The first-order valence-electron chi connectivity index (χ1n) is 5.74. The van der Waals surface area contributed by atoms with E-state index >= 15 is 0 Å². The van der Waals surface area contributed by atoms with Crippen molar-refractivity contribution in [1.82, 2.24) is 4.90 Å². The van der Waals surface area contributed by atoms with Gasteiger partial charge in [0.25, 0.3) is 0 Å². The summed E-state index contributed by atoms with van der Waals surface area (Å²) in [6.07, 6.45) is 1.68. The van der Waals surface area contributed by atoms with Gasteiger partial charge in [-0.3, -0.25) is 5.41 Å². The number of hydrogen-bond donors (Lipinski definition) is 1. The number of benzene rings is 1. The molecule has 3 heteroatoms. The maximum Gasteiger partial charge on any atom is 0.129 e. The largest absolute Gasteiger partial charge is 0.467 e. The Bertz CT molecular complexity index is 545. The second-order valence-electron chi connectivity index (χ2n) is 4.33. The molecule has 0 saturated carbocycles. The summed E-state index contributed by atoms with van der Waals surface area (Å²) >= 11 is 0. The Labute approximate surface area is 100 Å². The third kappa shape index (κ3) is 1.55. The summed E-state index contributed by atoms with van der Waals surface area (Å²) in [5.41, 5.74) is 2.25. The van der Waals surface area contributed by atoms with Crippen LogP contribution in [0.3, 0.4) is 0 Å². The van der Waals surface area contributed by atoms with Gasteiger partial charge >= 0.3 is 0 Å². The standard InChI is InChI=1S/C14H14N2O/c1-10(13-7-4-8-17-13)16-9-11-5-2-3-6-12(11)14(16)15/h2-8,10,15H,9H2,1H3. The lowest BCUT2D eigenvalue weighted by atomic mass is 10.1. The Morgan fingerprint density at radius 1 is 1.24 bits per heavy atom. The number of fused-ring (bicyclic) bond motifs is 1. The van der Waals surface area contributed by atoms with E-state index < -0.39 is 0 Å². The molecular formula is C14H14N2O. The molecule has 1 unspecified atom stereocenters. The van der Waals surface area contributed by atoms with Gasteiger partial charge in [-0.05, 0) is 24.6 Å². The average molecular weight is 226 g/mol. The lowest BCUT2D eigenvalue weighted by Crippen LogP contribution is -2.26. The van der Waals surface area contributed by atoms with Crippen molar-refractivity contribution < 1.29 is 4.42 Å². The van der Waals surface area contributed by atoms with Crippen LogP contribution in [0, 0.1) is 5.41 Å². The molecule has 0 saturated heterocycles. The number of amidine groups is 1. The third-order valence-corrected chi connectivity index (χ3v) is 3.32. The number of nitrogens with one attached hydrogen (secondary N) is 1. The molecule has 1 atom stereocenters. The van der Waals surface area contributed by atoms with E-state index in [-0.39, 0.29) is 6.04 Å². The van der Waals surface area contributed by atoms with Gasteiger partial charge in [0.05, 0.1) is 12.3 Å². The number of nitrogens with zero attached hydrogens (tertiary/aromatic N) is 1. The van der Waals surface area contributed by atoms with Crippen molar-refractivity contribution in [1.29, 1.82) is 5.41 Å². The van der Waals surface area contributed by atoms with Crippen LogP contribution in [0.4, 0.5) is 0 Å². The SMILES string of the molecule is CC(c1ccco1)N1Cc2ccccc2C1=N. The Kier molecular flexibility index (Phi) is 2.25. The van der Waals surface area contributed by atoms with Crippen molar-refractivity contribution in [2.75, 3.05) is 0 Å². The first kappa shape index (κ1) is 10.1. The highest BCUT2D eigenvalue weighted by molar-refractivity contribution is 6.00. The van der Waals surface area contributed by atoms with Crippen molar-refractivity contribution in [3.63, 3.8) is 0 Å².